The fourth-order valence-corrected chi connectivity index (χ4v) is 3.65. The van der Waals surface area contributed by atoms with Gasteiger partial charge in [0.25, 0.3) is 5.91 Å². The maximum Gasteiger partial charge on any atom is 0.265 e. The molecule has 25 heavy (non-hydrogen) atoms. The monoisotopic (exact) mass is 339 g/mol. The number of aromatic amines is 1. The van der Waals surface area contributed by atoms with E-state index >= 15 is 0 Å². The smallest absolute Gasteiger partial charge is 0.265 e. The van der Waals surface area contributed by atoms with Crippen LogP contribution in [0.25, 0.3) is 10.9 Å². The van der Waals surface area contributed by atoms with E-state index in [1.165, 1.54) is 12.1 Å². The first-order valence-electron chi connectivity index (χ1n) is 8.19. The Balaban J connectivity index is 1.73. The number of carbonyl (C=O) groups excluding carboxylic acids is 1. The maximum atomic E-state index is 13.7. The summed E-state index contributed by atoms with van der Waals surface area (Å²) in [5.41, 5.74) is 5.57. The van der Waals surface area contributed by atoms with Gasteiger partial charge in [-0.1, -0.05) is 30.3 Å². The Hall–Kier alpha value is -2.70. The van der Waals surface area contributed by atoms with Gasteiger partial charge in [0.15, 0.2) is 0 Å². The molecule has 1 aliphatic heterocycles. The van der Waals surface area contributed by atoms with Gasteiger partial charge in [0.05, 0.1) is 0 Å². The van der Waals surface area contributed by atoms with Crippen LogP contribution in [0.2, 0.25) is 0 Å². The van der Waals surface area contributed by atoms with Crippen LogP contribution in [0.4, 0.5) is 4.39 Å². The Morgan fingerprint density at radius 1 is 1.24 bits per heavy atom. The lowest BCUT2D eigenvalue weighted by molar-refractivity contribution is -0.135. The summed E-state index contributed by atoms with van der Waals surface area (Å²) in [6.45, 7) is 1.17. The number of H-pyrrole nitrogens is 1. The normalized spacial score (nSPS) is 15.8. The van der Waals surface area contributed by atoms with Crippen molar-refractivity contribution in [1.82, 2.24) is 15.4 Å². The van der Waals surface area contributed by atoms with E-state index in [4.69, 9.17) is 0 Å². The van der Waals surface area contributed by atoms with Gasteiger partial charge in [-0.3, -0.25) is 14.9 Å². The molecule has 1 unspecified atom stereocenters. The number of fused-ring (bicyclic) bond motifs is 3. The number of aromatic nitrogens is 1. The largest absolute Gasteiger partial charge is 0.358 e. The Kier molecular flexibility index (Phi) is 3.99. The molecule has 3 aromatic rings. The minimum atomic E-state index is -0.599. The van der Waals surface area contributed by atoms with Crippen molar-refractivity contribution in [2.75, 3.05) is 6.54 Å². The lowest BCUT2D eigenvalue weighted by atomic mass is 9.98. The van der Waals surface area contributed by atoms with Crippen molar-refractivity contribution < 1.29 is 14.4 Å². The van der Waals surface area contributed by atoms with Gasteiger partial charge in [-0.25, -0.2) is 9.87 Å². The first-order valence-corrected chi connectivity index (χ1v) is 8.19. The van der Waals surface area contributed by atoms with E-state index in [9.17, 15) is 14.4 Å². The van der Waals surface area contributed by atoms with Gasteiger partial charge in [-0.05, 0) is 29.3 Å². The predicted octanol–water partition coefficient (Wildman–Crippen LogP) is 2.91. The fourth-order valence-electron chi connectivity index (χ4n) is 3.65. The molecule has 2 heterocycles. The number of nitrogens with one attached hydrogen (secondary N) is 2. The van der Waals surface area contributed by atoms with Crippen molar-refractivity contribution in [1.29, 1.82) is 0 Å². The van der Waals surface area contributed by atoms with Crippen molar-refractivity contribution in [2.45, 2.75) is 19.0 Å². The van der Waals surface area contributed by atoms with Crippen LogP contribution in [0, 0.1) is 5.82 Å². The average molecular weight is 339 g/mol. The molecule has 0 saturated heterocycles. The molecule has 0 bridgehead atoms. The Labute approximate surface area is 144 Å². The van der Waals surface area contributed by atoms with Gasteiger partial charge in [0, 0.05) is 36.1 Å². The molecule has 6 heteroatoms. The van der Waals surface area contributed by atoms with Crippen LogP contribution in [-0.2, 0) is 17.8 Å². The summed E-state index contributed by atoms with van der Waals surface area (Å²) < 4.78 is 13.7. The van der Waals surface area contributed by atoms with Gasteiger partial charge in [-0.15, -0.1) is 0 Å². The number of benzene rings is 2. The molecule has 0 saturated carbocycles. The predicted molar refractivity (Wildman–Crippen MR) is 91.5 cm³/mol. The molecule has 1 aromatic heterocycles. The molecular formula is C19H18FN3O2. The van der Waals surface area contributed by atoms with Gasteiger partial charge >= 0.3 is 0 Å². The summed E-state index contributed by atoms with van der Waals surface area (Å²) in [6, 6.07) is 13.4. The summed E-state index contributed by atoms with van der Waals surface area (Å²) in [6.07, 6.45) is 0.730. The lowest BCUT2D eigenvalue weighted by Crippen LogP contribution is -2.42. The highest BCUT2D eigenvalue weighted by atomic mass is 19.1. The third-order valence-corrected chi connectivity index (χ3v) is 4.81. The van der Waals surface area contributed by atoms with E-state index in [1.807, 2.05) is 35.2 Å². The molecule has 5 nitrogen and oxygen atoms in total. The molecule has 0 radical (unpaired) electrons. The Morgan fingerprint density at radius 2 is 2.04 bits per heavy atom. The van der Waals surface area contributed by atoms with Gasteiger partial charge in [0.2, 0.25) is 0 Å². The van der Waals surface area contributed by atoms with Crippen LogP contribution >= 0.6 is 0 Å². The highest BCUT2D eigenvalue weighted by Gasteiger charge is 2.31. The van der Waals surface area contributed by atoms with Crippen LogP contribution in [0.1, 0.15) is 22.9 Å². The molecule has 0 spiro atoms. The number of halogens is 1. The standard InChI is InChI=1S/C19H18FN3O2/c20-13-6-7-16-14(10-13)15-11-23(9-8-17(15)21-16)18(19(24)22-25)12-4-2-1-3-5-12/h1-7,10,18,21,25H,8-9,11H2,(H,22,24). The topological polar surface area (TPSA) is 68.4 Å². The Bertz CT molecular complexity index is 923. The number of nitrogens with zero attached hydrogens (tertiary/aromatic N) is 1. The zero-order valence-corrected chi connectivity index (χ0v) is 13.5. The highest BCUT2D eigenvalue weighted by molar-refractivity contribution is 5.85. The summed E-state index contributed by atoms with van der Waals surface area (Å²) in [4.78, 5) is 17.7. The second kappa shape index (κ2) is 6.31. The quantitative estimate of drug-likeness (QED) is 0.508. The van der Waals surface area contributed by atoms with Crippen molar-refractivity contribution in [3.05, 3.63) is 71.2 Å². The third-order valence-electron chi connectivity index (χ3n) is 4.81. The van der Waals surface area contributed by atoms with Gasteiger partial charge in [-0.2, -0.15) is 0 Å². The number of amides is 1. The number of carbonyl (C=O) groups is 1. The average Bonchev–Trinajstić information content (AvgIpc) is 3.00. The van der Waals surface area contributed by atoms with Crippen molar-refractivity contribution in [2.24, 2.45) is 0 Å². The molecule has 0 aliphatic carbocycles. The van der Waals surface area contributed by atoms with Crippen LogP contribution < -0.4 is 5.48 Å². The number of hydrogen-bond acceptors (Lipinski definition) is 3. The molecule has 4 rings (SSSR count). The fraction of sp³-hybridized carbons (Fsp3) is 0.211. The Morgan fingerprint density at radius 3 is 2.80 bits per heavy atom. The van der Waals surface area contributed by atoms with E-state index in [2.05, 4.69) is 4.98 Å². The van der Waals surface area contributed by atoms with Crippen LogP contribution in [0.5, 0.6) is 0 Å². The first-order chi connectivity index (χ1) is 12.2. The molecule has 3 N–H and O–H groups in total. The second-order valence-electron chi connectivity index (χ2n) is 6.28. The minimum Gasteiger partial charge on any atom is -0.358 e. The first kappa shape index (κ1) is 15.8. The number of rotatable bonds is 3. The molecule has 1 atom stereocenters. The number of hydroxylamine groups is 1. The highest BCUT2D eigenvalue weighted by Crippen LogP contribution is 2.32. The van der Waals surface area contributed by atoms with E-state index in [-0.39, 0.29) is 5.82 Å². The summed E-state index contributed by atoms with van der Waals surface area (Å²) >= 11 is 0. The van der Waals surface area contributed by atoms with Crippen molar-refractivity contribution in [3.8, 4) is 0 Å². The van der Waals surface area contributed by atoms with E-state index in [1.54, 1.807) is 11.5 Å². The minimum absolute atomic E-state index is 0.279. The molecule has 1 aliphatic rings. The number of hydrogen-bond donors (Lipinski definition) is 3. The maximum absolute atomic E-state index is 13.7. The van der Waals surface area contributed by atoms with Crippen molar-refractivity contribution >= 4 is 16.8 Å². The third kappa shape index (κ3) is 2.79. The molecule has 0 fully saturated rings. The van der Waals surface area contributed by atoms with Crippen molar-refractivity contribution in [3.63, 3.8) is 0 Å². The van der Waals surface area contributed by atoms with E-state index in [0.29, 0.717) is 13.1 Å². The summed E-state index contributed by atoms with van der Waals surface area (Å²) in [7, 11) is 0. The summed E-state index contributed by atoms with van der Waals surface area (Å²) in [5.74, 6) is -0.750. The van der Waals surface area contributed by atoms with E-state index < -0.39 is 11.9 Å². The van der Waals surface area contributed by atoms with Gasteiger partial charge < -0.3 is 4.98 Å². The molecule has 2 aromatic carbocycles. The molecule has 128 valence electrons. The molecule has 1 amide bonds. The van der Waals surface area contributed by atoms with Crippen LogP contribution in [-0.4, -0.2) is 27.5 Å². The van der Waals surface area contributed by atoms with Crippen LogP contribution in [0.3, 0.4) is 0 Å². The SMILES string of the molecule is O=C(NO)C(c1ccccc1)N1CCc2[nH]c3ccc(F)cc3c2C1. The second-order valence-corrected chi connectivity index (χ2v) is 6.28. The lowest BCUT2D eigenvalue weighted by Gasteiger charge is -2.33. The summed E-state index contributed by atoms with van der Waals surface area (Å²) in [5, 5.41) is 10.0. The van der Waals surface area contributed by atoms with E-state index in [0.717, 1.165) is 34.1 Å². The molecular weight excluding hydrogens is 321 g/mol. The zero-order valence-electron chi connectivity index (χ0n) is 13.5. The zero-order chi connectivity index (χ0) is 17.4. The van der Waals surface area contributed by atoms with Gasteiger partial charge in [0.1, 0.15) is 11.9 Å². The van der Waals surface area contributed by atoms with Crippen LogP contribution in [0.15, 0.2) is 48.5 Å².